The number of esters is 1. The Morgan fingerprint density at radius 1 is 1.00 bits per heavy atom. The van der Waals surface area contributed by atoms with Gasteiger partial charge in [-0.3, -0.25) is 4.79 Å². The van der Waals surface area contributed by atoms with Crippen molar-refractivity contribution in [3.63, 3.8) is 0 Å². The van der Waals surface area contributed by atoms with Gasteiger partial charge < -0.3 is 10.1 Å². The third kappa shape index (κ3) is 4.88. The Kier molecular flexibility index (Phi) is 5.71. The van der Waals surface area contributed by atoms with Crippen molar-refractivity contribution in [1.29, 1.82) is 5.41 Å². The van der Waals surface area contributed by atoms with Crippen LogP contribution in [0.25, 0.3) is 0 Å². The van der Waals surface area contributed by atoms with Crippen LogP contribution in [0.2, 0.25) is 0 Å². The molecule has 0 spiro atoms. The second kappa shape index (κ2) is 8.00. The van der Waals surface area contributed by atoms with Crippen LogP contribution >= 0.6 is 0 Å². The molecule has 0 aliphatic rings. The molecule has 108 valence electrons. The molecule has 3 nitrogen and oxygen atoms in total. The summed E-state index contributed by atoms with van der Waals surface area (Å²) in [5.74, 6) is -0.542. The van der Waals surface area contributed by atoms with Gasteiger partial charge in [0.15, 0.2) is 0 Å². The van der Waals surface area contributed by atoms with Crippen LogP contribution in [0.5, 0.6) is 0 Å². The minimum Gasteiger partial charge on any atom is -0.461 e. The molecule has 0 aliphatic carbocycles. The number of benzene rings is 2. The number of rotatable bonds is 7. The Labute approximate surface area is 125 Å². The number of nitrogens with one attached hydrogen (secondary N) is 1. The smallest absolute Gasteiger partial charge is 0.309 e. The van der Waals surface area contributed by atoms with E-state index < -0.39 is 0 Å². The summed E-state index contributed by atoms with van der Waals surface area (Å²) in [5, 5.41) is 7.26. The average molecular weight is 281 g/mol. The van der Waals surface area contributed by atoms with Gasteiger partial charge in [-0.1, -0.05) is 60.7 Å². The quantitative estimate of drug-likeness (QED) is 0.622. The van der Waals surface area contributed by atoms with Gasteiger partial charge in [0.1, 0.15) is 6.61 Å². The molecular weight excluding hydrogens is 262 g/mol. The summed E-state index contributed by atoms with van der Waals surface area (Å²) in [4.78, 5) is 12.2. The molecule has 0 amide bonds. The van der Waals surface area contributed by atoms with Gasteiger partial charge in [0.05, 0.1) is 5.92 Å². The fraction of sp³-hybridized carbons (Fsp3) is 0.222. The molecule has 21 heavy (non-hydrogen) atoms. The van der Waals surface area contributed by atoms with Gasteiger partial charge in [0.25, 0.3) is 0 Å². The van der Waals surface area contributed by atoms with Crippen molar-refractivity contribution in [2.75, 3.05) is 0 Å². The van der Waals surface area contributed by atoms with Crippen molar-refractivity contribution >= 4 is 12.2 Å². The first-order valence-electron chi connectivity index (χ1n) is 7.03. The lowest BCUT2D eigenvalue weighted by atomic mass is 9.97. The molecule has 1 N–H and O–H groups in total. The molecular formula is C18H19NO2. The molecule has 0 saturated heterocycles. The molecule has 0 fully saturated rings. The van der Waals surface area contributed by atoms with Gasteiger partial charge in [-0.05, 0) is 30.2 Å². The van der Waals surface area contributed by atoms with Crippen molar-refractivity contribution in [3.05, 3.63) is 71.8 Å². The fourth-order valence-corrected chi connectivity index (χ4v) is 2.15. The normalized spacial score (nSPS) is 11.6. The van der Waals surface area contributed by atoms with Gasteiger partial charge in [0.2, 0.25) is 0 Å². The molecule has 3 heteroatoms. The van der Waals surface area contributed by atoms with E-state index in [1.165, 1.54) is 6.21 Å². The third-order valence-electron chi connectivity index (χ3n) is 3.28. The van der Waals surface area contributed by atoms with Crippen LogP contribution in [-0.4, -0.2) is 12.2 Å². The minimum absolute atomic E-state index is 0.244. The molecule has 2 aromatic carbocycles. The molecule has 0 aliphatic heterocycles. The highest BCUT2D eigenvalue weighted by molar-refractivity contribution is 5.76. The lowest BCUT2D eigenvalue weighted by Crippen LogP contribution is -2.20. The van der Waals surface area contributed by atoms with Gasteiger partial charge in [-0.25, -0.2) is 0 Å². The van der Waals surface area contributed by atoms with Gasteiger partial charge in [0, 0.05) is 0 Å². The number of carbonyl (C=O) groups excluding carboxylic acids is 1. The maximum absolute atomic E-state index is 12.2. The summed E-state index contributed by atoms with van der Waals surface area (Å²) >= 11 is 0. The second-order valence-electron chi connectivity index (χ2n) is 4.92. The molecule has 1 unspecified atom stereocenters. The number of carbonyl (C=O) groups is 1. The molecule has 0 heterocycles. The first kappa shape index (κ1) is 15.0. The topological polar surface area (TPSA) is 50.2 Å². The van der Waals surface area contributed by atoms with E-state index in [1.807, 2.05) is 60.7 Å². The van der Waals surface area contributed by atoms with E-state index in [4.69, 9.17) is 10.1 Å². The van der Waals surface area contributed by atoms with Gasteiger partial charge in [-0.2, -0.15) is 0 Å². The molecule has 0 saturated carbocycles. The first-order chi connectivity index (χ1) is 10.3. The molecule has 0 radical (unpaired) electrons. The Morgan fingerprint density at radius 3 is 2.14 bits per heavy atom. The Balaban J connectivity index is 1.94. The summed E-state index contributed by atoms with van der Waals surface area (Å²) in [7, 11) is 0. The van der Waals surface area contributed by atoms with Crippen LogP contribution < -0.4 is 0 Å². The predicted octanol–water partition coefficient (Wildman–Crippen LogP) is 3.63. The summed E-state index contributed by atoms with van der Waals surface area (Å²) < 4.78 is 5.37. The fourth-order valence-electron chi connectivity index (χ4n) is 2.15. The standard InChI is InChI=1S/C18H19NO2/c19-12-11-17(13-15-7-3-1-4-8-15)18(20)21-14-16-9-5-2-6-10-16/h1-10,12,17,19H,11,13-14H2. The lowest BCUT2D eigenvalue weighted by molar-refractivity contribution is -0.149. The van der Waals surface area contributed by atoms with Crippen LogP contribution in [0.3, 0.4) is 0 Å². The van der Waals surface area contributed by atoms with E-state index in [0.717, 1.165) is 11.1 Å². The Bertz CT molecular complexity index is 566. The minimum atomic E-state index is -0.298. The van der Waals surface area contributed by atoms with Gasteiger partial charge >= 0.3 is 5.97 Å². The van der Waals surface area contributed by atoms with Crippen molar-refractivity contribution in [1.82, 2.24) is 0 Å². The number of hydrogen-bond acceptors (Lipinski definition) is 3. The predicted molar refractivity (Wildman–Crippen MR) is 83.3 cm³/mol. The largest absolute Gasteiger partial charge is 0.461 e. The molecule has 2 rings (SSSR count). The third-order valence-corrected chi connectivity index (χ3v) is 3.28. The molecule has 0 bridgehead atoms. The van der Waals surface area contributed by atoms with Crippen LogP contribution in [0.1, 0.15) is 17.5 Å². The average Bonchev–Trinajstić information content (AvgIpc) is 2.54. The molecule has 1 atom stereocenters. The van der Waals surface area contributed by atoms with Crippen molar-refractivity contribution in [2.24, 2.45) is 5.92 Å². The lowest BCUT2D eigenvalue weighted by Gasteiger charge is -2.14. The summed E-state index contributed by atoms with van der Waals surface area (Å²) in [6, 6.07) is 19.4. The zero-order chi connectivity index (χ0) is 14.9. The van der Waals surface area contributed by atoms with Crippen LogP contribution in [0.15, 0.2) is 60.7 Å². The monoisotopic (exact) mass is 281 g/mol. The van der Waals surface area contributed by atoms with Crippen molar-refractivity contribution in [2.45, 2.75) is 19.4 Å². The zero-order valence-electron chi connectivity index (χ0n) is 11.9. The van der Waals surface area contributed by atoms with E-state index in [2.05, 4.69) is 0 Å². The summed E-state index contributed by atoms with van der Waals surface area (Å²) in [6.07, 6.45) is 2.28. The van der Waals surface area contributed by atoms with E-state index in [0.29, 0.717) is 12.8 Å². The molecule has 0 aromatic heterocycles. The second-order valence-corrected chi connectivity index (χ2v) is 4.92. The van der Waals surface area contributed by atoms with E-state index in [1.54, 1.807) is 0 Å². The zero-order valence-corrected chi connectivity index (χ0v) is 11.9. The summed E-state index contributed by atoms with van der Waals surface area (Å²) in [6.45, 7) is 0.281. The molecule has 2 aromatic rings. The Hall–Kier alpha value is -2.42. The highest BCUT2D eigenvalue weighted by Crippen LogP contribution is 2.14. The van der Waals surface area contributed by atoms with Crippen LogP contribution in [0, 0.1) is 11.3 Å². The van der Waals surface area contributed by atoms with Crippen LogP contribution in [-0.2, 0) is 22.6 Å². The van der Waals surface area contributed by atoms with Crippen molar-refractivity contribution in [3.8, 4) is 0 Å². The van der Waals surface area contributed by atoms with Crippen LogP contribution in [0.4, 0.5) is 0 Å². The summed E-state index contributed by atoms with van der Waals surface area (Å²) in [5.41, 5.74) is 2.06. The van der Waals surface area contributed by atoms with Crippen molar-refractivity contribution < 1.29 is 9.53 Å². The van der Waals surface area contributed by atoms with E-state index >= 15 is 0 Å². The van der Waals surface area contributed by atoms with E-state index in [-0.39, 0.29) is 18.5 Å². The highest BCUT2D eigenvalue weighted by Gasteiger charge is 2.19. The van der Waals surface area contributed by atoms with Gasteiger partial charge in [-0.15, -0.1) is 0 Å². The highest BCUT2D eigenvalue weighted by atomic mass is 16.5. The number of hydrogen-bond donors (Lipinski definition) is 1. The maximum atomic E-state index is 12.2. The number of ether oxygens (including phenoxy) is 1. The maximum Gasteiger partial charge on any atom is 0.309 e. The van der Waals surface area contributed by atoms with E-state index in [9.17, 15) is 4.79 Å². The first-order valence-corrected chi connectivity index (χ1v) is 7.03. The Morgan fingerprint density at radius 2 is 1.57 bits per heavy atom. The SMILES string of the molecule is N=CCC(Cc1ccccc1)C(=O)OCc1ccccc1.